The quantitative estimate of drug-likeness (QED) is 0.352. The second kappa shape index (κ2) is 10.8. The molecule has 1 fully saturated rings. The van der Waals surface area contributed by atoms with Crippen LogP contribution in [-0.4, -0.2) is 69.1 Å². The Labute approximate surface area is 195 Å². The van der Waals surface area contributed by atoms with E-state index in [9.17, 15) is 4.79 Å². The third-order valence-electron chi connectivity index (χ3n) is 5.00. The van der Waals surface area contributed by atoms with Gasteiger partial charge in [-0.2, -0.15) is 10.2 Å². The third-order valence-corrected chi connectivity index (χ3v) is 5.00. The Balaban J connectivity index is 0.00000320. The molecule has 3 heterocycles. The number of nitrogens with zero attached hydrogens (tertiary/aromatic N) is 7. The number of amides is 1. The van der Waals surface area contributed by atoms with Crippen molar-refractivity contribution in [3.05, 3.63) is 29.8 Å². The molecule has 2 aromatic heterocycles. The van der Waals surface area contributed by atoms with Crippen molar-refractivity contribution >= 4 is 41.5 Å². The van der Waals surface area contributed by atoms with Crippen LogP contribution in [0, 0.1) is 19.8 Å². The molecular formula is C20H33IN8O. The van der Waals surface area contributed by atoms with E-state index < -0.39 is 0 Å². The summed E-state index contributed by atoms with van der Waals surface area (Å²) in [5.41, 5.74) is 3.05. The number of rotatable bonds is 6. The van der Waals surface area contributed by atoms with Gasteiger partial charge in [0.25, 0.3) is 0 Å². The van der Waals surface area contributed by atoms with E-state index in [4.69, 9.17) is 4.99 Å². The first kappa shape index (κ1) is 24.2. The Morgan fingerprint density at radius 1 is 1.33 bits per heavy atom. The normalized spacial score (nSPS) is 15.9. The number of aryl methyl sites for hydroxylation is 3. The fourth-order valence-corrected chi connectivity index (χ4v) is 3.56. The number of carbonyl (C=O) groups excluding carboxylic acids is 1. The van der Waals surface area contributed by atoms with E-state index in [1.54, 1.807) is 15.8 Å². The summed E-state index contributed by atoms with van der Waals surface area (Å²) in [4.78, 5) is 21.3. The SMILES string of the molecule is CCNC(=NCC(C)Cn1nc(C)cc1C)N1CCN(c2cnn(C)c2)C(=O)C1.I. The Kier molecular flexibility index (Phi) is 8.68. The molecule has 0 bridgehead atoms. The maximum absolute atomic E-state index is 12.7. The van der Waals surface area contributed by atoms with Crippen LogP contribution in [0.5, 0.6) is 0 Å². The van der Waals surface area contributed by atoms with E-state index >= 15 is 0 Å². The van der Waals surface area contributed by atoms with E-state index in [0.29, 0.717) is 25.6 Å². The first-order valence-electron chi connectivity index (χ1n) is 10.2. The first-order chi connectivity index (χ1) is 13.9. The molecule has 1 N–H and O–H groups in total. The van der Waals surface area contributed by atoms with Crippen molar-refractivity contribution in [2.24, 2.45) is 18.0 Å². The minimum Gasteiger partial charge on any atom is -0.357 e. The maximum atomic E-state index is 12.7. The zero-order valence-electron chi connectivity index (χ0n) is 18.5. The van der Waals surface area contributed by atoms with Crippen LogP contribution in [-0.2, 0) is 18.4 Å². The molecule has 1 aliphatic rings. The van der Waals surface area contributed by atoms with Gasteiger partial charge in [-0.25, -0.2) is 0 Å². The topological polar surface area (TPSA) is 83.6 Å². The van der Waals surface area contributed by atoms with Gasteiger partial charge >= 0.3 is 0 Å². The molecule has 1 atom stereocenters. The fraction of sp³-hybridized carbons (Fsp3) is 0.600. The smallest absolute Gasteiger partial charge is 0.246 e. The van der Waals surface area contributed by atoms with Gasteiger partial charge in [-0.15, -0.1) is 24.0 Å². The van der Waals surface area contributed by atoms with Crippen molar-refractivity contribution in [1.82, 2.24) is 29.8 Å². The standard InChI is InChI=1S/C20H32N8O.HI/c1-6-21-20(22-10-15(2)12-28-17(4)9-16(3)24-28)26-7-8-27(19(29)14-26)18-11-23-25(5)13-18;/h9,11,13,15H,6-8,10,12,14H2,1-5H3,(H,21,22);1H. The van der Waals surface area contributed by atoms with Gasteiger partial charge < -0.3 is 15.1 Å². The highest BCUT2D eigenvalue weighted by Gasteiger charge is 2.27. The van der Waals surface area contributed by atoms with Gasteiger partial charge in [0.2, 0.25) is 5.91 Å². The predicted molar refractivity (Wildman–Crippen MR) is 129 cm³/mol. The van der Waals surface area contributed by atoms with E-state index in [1.807, 2.05) is 36.7 Å². The molecule has 0 saturated carbocycles. The van der Waals surface area contributed by atoms with Gasteiger partial charge in [0.05, 0.1) is 17.6 Å². The lowest BCUT2D eigenvalue weighted by molar-refractivity contribution is -0.120. The molecule has 1 aliphatic heterocycles. The van der Waals surface area contributed by atoms with Crippen molar-refractivity contribution in [3.63, 3.8) is 0 Å². The fourth-order valence-electron chi connectivity index (χ4n) is 3.56. The molecule has 0 aromatic carbocycles. The molecule has 0 spiro atoms. The lowest BCUT2D eigenvalue weighted by Gasteiger charge is -2.35. The van der Waals surface area contributed by atoms with Crippen LogP contribution < -0.4 is 10.2 Å². The largest absolute Gasteiger partial charge is 0.357 e. The number of aliphatic imine (C=N–C) groups is 1. The lowest BCUT2D eigenvalue weighted by Crippen LogP contribution is -2.55. The Morgan fingerprint density at radius 3 is 2.67 bits per heavy atom. The van der Waals surface area contributed by atoms with Crippen LogP contribution in [0.1, 0.15) is 25.2 Å². The van der Waals surface area contributed by atoms with Crippen molar-refractivity contribution < 1.29 is 4.79 Å². The number of anilines is 1. The predicted octanol–water partition coefficient (Wildman–Crippen LogP) is 1.80. The van der Waals surface area contributed by atoms with Gasteiger partial charge in [0.1, 0.15) is 6.54 Å². The molecule has 1 unspecified atom stereocenters. The first-order valence-corrected chi connectivity index (χ1v) is 10.2. The van der Waals surface area contributed by atoms with Gasteiger partial charge in [0, 0.05) is 51.7 Å². The highest BCUT2D eigenvalue weighted by atomic mass is 127. The highest BCUT2D eigenvalue weighted by molar-refractivity contribution is 14.0. The molecule has 30 heavy (non-hydrogen) atoms. The molecule has 1 amide bonds. The van der Waals surface area contributed by atoms with Crippen LogP contribution in [0.4, 0.5) is 5.69 Å². The van der Waals surface area contributed by atoms with Crippen molar-refractivity contribution in [2.75, 3.05) is 37.6 Å². The van der Waals surface area contributed by atoms with Crippen LogP contribution in [0.3, 0.4) is 0 Å². The third kappa shape index (κ3) is 5.96. The van der Waals surface area contributed by atoms with Crippen molar-refractivity contribution in [3.8, 4) is 0 Å². The summed E-state index contributed by atoms with van der Waals surface area (Å²) < 4.78 is 3.75. The average molecular weight is 528 g/mol. The van der Waals surface area contributed by atoms with E-state index in [2.05, 4.69) is 35.4 Å². The summed E-state index contributed by atoms with van der Waals surface area (Å²) in [6.45, 7) is 12.2. The van der Waals surface area contributed by atoms with Crippen LogP contribution in [0.15, 0.2) is 23.5 Å². The van der Waals surface area contributed by atoms with Crippen molar-refractivity contribution in [2.45, 2.75) is 34.2 Å². The summed E-state index contributed by atoms with van der Waals surface area (Å²) in [5, 5.41) is 12.0. The minimum absolute atomic E-state index is 0. The molecule has 10 heteroatoms. The van der Waals surface area contributed by atoms with Gasteiger partial charge in [0.15, 0.2) is 5.96 Å². The zero-order chi connectivity index (χ0) is 21.0. The van der Waals surface area contributed by atoms with E-state index in [-0.39, 0.29) is 29.9 Å². The monoisotopic (exact) mass is 528 g/mol. The number of carbonyl (C=O) groups is 1. The van der Waals surface area contributed by atoms with Crippen LogP contribution in [0.25, 0.3) is 0 Å². The molecule has 9 nitrogen and oxygen atoms in total. The number of nitrogens with one attached hydrogen (secondary N) is 1. The number of aromatic nitrogens is 4. The summed E-state index contributed by atoms with van der Waals surface area (Å²) in [6, 6.07) is 2.09. The second-order valence-corrected chi connectivity index (χ2v) is 7.75. The van der Waals surface area contributed by atoms with Crippen molar-refractivity contribution in [1.29, 1.82) is 0 Å². The Morgan fingerprint density at radius 2 is 2.10 bits per heavy atom. The number of hydrogen-bond acceptors (Lipinski definition) is 4. The minimum atomic E-state index is 0. The van der Waals surface area contributed by atoms with E-state index in [1.165, 1.54) is 5.69 Å². The molecule has 0 aliphatic carbocycles. The lowest BCUT2D eigenvalue weighted by atomic mass is 10.2. The van der Waals surface area contributed by atoms with Gasteiger partial charge in [-0.1, -0.05) is 6.92 Å². The number of hydrogen-bond donors (Lipinski definition) is 1. The van der Waals surface area contributed by atoms with Crippen LogP contribution >= 0.6 is 24.0 Å². The zero-order valence-corrected chi connectivity index (χ0v) is 20.8. The number of guanidine groups is 1. The average Bonchev–Trinajstić information content (AvgIpc) is 3.23. The molecule has 1 saturated heterocycles. The molecular weight excluding hydrogens is 495 g/mol. The molecule has 166 valence electrons. The van der Waals surface area contributed by atoms with Gasteiger partial charge in [-0.05, 0) is 32.8 Å². The summed E-state index contributed by atoms with van der Waals surface area (Å²) in [6.07, 6.45) is 3.60. The maximum Gasteiger partial charge on any atom is 0.246 e. The van der Waals surface area contributed by atoms with Crippen LogP contribution in [0.2, 0.25) is 0 Å². The summed E-state index contributed by atoms with van der Waals surface area (Å²) >= 11 is 0. The highest BCUT2D eigenvalue weighted by Crippen LogP contribution is 2.16. The second-order valence-electron chi connectivity index (χ2n) is 7.75. The molecule has 3 rings (SSSR count). The molecule has 2 aromatic rings. The Bertz CT molecular complexity index is 874. The number of piperazine rings is 1. The molecule has 0 radical (unpaired) electrons. The summed E-state index contributed by atoms with van der Waals surface area (Å²) in [7, 11) is 1.85. The van der Waals surface area contributed by atoms with Gasteiger partial charge in [-0.3, -0.25) is 19.2 Å². The van der Waals surface area contributed by atoms with E-state index in [0.717, 1.165) is 37.0 Å². The Hall–Kier alpha value is -2.11. The summed E-state index contributed by atoms with van der Waals surface area (Å²) in [5.74, 6) is 1.20. The number of halogens is 1.